The molecule has 2 rings (SSSR count). The van der Waals surface area contributed by atoms with Gasteiger partial charge in [0.05, 0.1) is 6.10 Å². The molecule has 3 nitrogen and oxygen atoms in total. The van der Waals surface area contributed by atoms with Crippen LogP contribution in [-0.4, -0.2) is 23.7 Å². The van der Waals surface area contributed by atoms with Gasteiger partial charge in [0.2, 0.25) is 5.91 Å². The highest BCUT2D eigenvalue weighted by Gasteiger charge is 2.23. The fourth-order valence-corrected chi connectivity index (χ4v) is 3.28. The van der Waals surface area contributed by atoms with E-state index in [0.717, 1.165) is 45.1 Å². The molecule has 0 aromatic heterocycles. The number of nitrogens with one attached hydrogen (secondary N) is 1. The Labute approximate surface area is 110 Å². The van der Waals surface area contributed by atoms with Gasteiger partial charge in [0.25, 0.3) is 0 Å². The van der Waals surface area contributed by atoms with Crippen LogP contribution in [0, 0.1) is 11.8 Å². The van der Waals surface area contributed by atoms with Gasteiger partial charge in [-0.15, -0.1) is 0 Å². The highest BCUT2D eigenvalue weighted by atomic mass is 16.3. The van der Waals surface area contributed by atoms with Crippen LogP contribution in [0.1, 0.15) is 64.2 Å². The molecule has 0 spiro atoms. The molecule has 2 aliphatic carbocycles. The minimum atomic E-state index is -0.0983. The maximum Gasteiger partial charge on any atom is 0.223 e. The monoisotopic (exact) mass is 253 g/mol. The number of hydrogen-bond donors (Lipinski definition) is 2. The average molecular weight is 253 g/mol. The number of carbonyl (C=O) groups is 1. The second-order valence-electron chi connectivity index (χ2n) is 6.11. The van der Waals surface area contributed by atoms with Gasteiger partial charge < -0.3 is 10.4 Å². The predicted molar refractivity (Wildman–Crippen MR) is 72.2 cm³/mol. The first-order chi connectivity index (χ1) is 8.75. The maximum atomic E-state index is 12.1. The molecule has 0 bridgehead atoms. The first-order valence-electron chi connectivity index (χ1n) is 7.71. The summed E-state index contributed by atoms with van der Waals surface area (Å²) in [7, 11) is 0. The molecule has 104 valence electrons. The van der Waals surface area contributed by atoms with Crippen LogP contribution in [0.25, 0.3) is 0 Å². The number of aliphatic hydroxyl groups is 1. The minimum Gasteiger partial charge on any atom is -0.393 e. The lowest BCUT2D eigenvalue weighted by molar-refractivity contribution is -0.125. The quantitative estimate of drug-likeness (QED) is 0.760. The van der Waals surface area contributed by atoms with Crippen molar-refractivity contribution in [1.82, 2.24) is 5.32 Å². The van der Waals surface area contributed by atoms with E-state index in [1.54, 1.807) is 0 Å². The van der Waals surface area contributed by atoms with E-state index in [0.29, 0.717) is 5.92 Å². The van der Waals surface area contributed by atoms with Crippen LogP contribution in [0.5, 0.6) is 0 Å². The van der Waals surface area contributed by atoms with Crippen LogP contribution in [0.3, 0.4) is 0 Å². The topological polar surface area (TPSA) is 49.3 Å². The lowest BCUT2D eigenvalue weighted by atomic mass is 9.87. The largest absolute Gasteiger partial charge is 0.393 e. The lowest BCUT2D eigenvalue weighted by Crippen LogP contribution is -2.35. The van der Waals surface area contributed by atoms with E-state index in [1.165, 1.54) is 25.7 Å². The van der Waals surface area contributed by atoms with Crippen molar-refractivity contribution in [2.24, 2.45) is 11.8 Å². The molecule has 2 saturated carbocycles. The van der Waals surface area contributed by atoms with E-state index in [1.807, 2.05) is 0 Å². The second kappa shape index (κ2) is 7.13. The van der Waals surface area contributed by atoms with Crippen molar-refractivity contribution in [3.8, 4) is 0 Å². The summed E-state index contributed by atoms with van der Waals surface area (Å²) in [6.45, 7) is 0.821. The molecule has 2 aliphatic rings. The molecule has 0 aromatic carbocycles. The summed E-state index contributed by atoms with van der Waals surface area (Å²) in [4.78, 5) is 12.1. The molecule has 2 fully saturated rings. The van der Waals surface area contributed by atoms with Crippen molar-refractivity contribution in [1.29, 1.82) is 0 Å². The Morgan fingerprint density at radius 3 is 2.17 bits per heavy atom. The first kappa shape index (κ1) is 13.9. The van der Waals surface area contributed by atoms with Crippen molar-refractivity contribution in [2.75, 3.05) is 6.54 Å². The van der Waals surface area contributed by atoms with Gasteiger partial charge in [-0.05, 0) is 44.4 Å². The third kappa shape index (κ3) is 4.27. The van der Waals surface area contributed by atoms with Gasteiger partial charge in [-0.3, -0.25) is 4.79 Å². The molecule has 0 aromatic rings. The fraction of sp³-hybridized carbons (Fsp3) is 0.933. The van der Waals surface area contributed by atoms with Crippen LogP contribution in [0.2, 0.25) is 0 Å². The van der Waals surface area contributed by atoms with Gasteiger partial charge in [0, 0.05) is 12.5 Å². The van der Waals surface area contributed by atoms with Crippen LogP contribution in [0.15, 0.2) is 0 Å². The van der Waals surface area contributed by atoms with E-state index in [9.17, 15) is 9.90 Å². The summed E-state index contributed by atoms with van der Waals surface area (Å²) >= 11 is 0. The van der Waals surface area contributed by atoms with Crippen LogP contribution in [0.4, 0.5) is 0 Å². The normalized spacial score (nSPS) is 30.7. The molecular weight excluding hydrogens is 226 g/mol. The van der Waals surface area contributed by atoms with Crippen LogP contribution >= 0.6 is 0 Å². The third-order valence-electron chi connectivity index (χ3n) is 4.61. The van der Waals surface area contributed by atoms with Crippen molar-refractivity contribution in [3.63, 3.8) is 0 Å². The van der Waals surface area contributed by atoms with Crippen molar-refractivity contribution in [2.45, 2.75) is 70.3 Å². The maximum absolute atomic E-state index is 12.1. The second-order valence-corrected chi connectivity index (χ2v) is 6.11. The van der Waals surface area contributed by atoms with Gasteiger partial charge >= 0.3 is 0 Å². The summed E-state index contributed by atoms with van der Waals surface area (Å²) in [5.41, 5.74) is 0. The van der Waals surface area contributed by atoms with Crippen LogP contribution < -0.4 is 5.32 Å². The van der Waals surface area contributed by atoms with E-state index < -0.39 is 0 Å². The van der Waals surface area contributed by atoms with Gasteiger partial charge in [0.1, 0.15) is 0 Å². The minimum absolute atomic E-state index is 0.0983. The molecule has 18 heavy (non-hydrogen) atoms. The average Bonchev–Trinajstić information content (AvgIpc) is 2.66. The molecule has 0 saturated heterocycles. The zero-order chi connectivity index (χ0) is 12.8. The Kier molecular flexibility index (Phi) is 5.48. The molecule has 2 N–H and O–H groups in total. The summed E-state index contributed by atoms with van der Waals surface area (Å²) in [5, 5.41) is 12.6. The predicted octanol–water partition coefficient (Wildman–Crippen LogP) is 2.62. The van der Waals surface area contributed by atoms with Crippen molar-refractivity contribution in [3.05, 3.63) is 0 Å². The van der Waals surface area contributed by atoms with E-state index in [2.05, 4.69) is 5.32 Å². The Morgan fingerprint density at radius 2 is 1.56 bits per heavy atom. The number of amides is 1. The van der Waals surface area contributed by atoms with Crippen molar-refractivity contribution < 1.29 is 9.90 Å². The van der Waals surface area contributed by atoms with Crippen LogP contribution in [-0.2, 0) is 4.79 Å². The first-order valence-corrected chi connectivity index (χ1v) is 7.71. The zero-order valence-corrected chi connectivity index (χ0v) is 11.4. The fourth-order valence-electron chi connectivity index (χ4n) is 3.28. The SMILES string of the molecule is O=C(NCC1CCC(O)CC1)C1CCCCCC1. The third-order valence-corrected chi connectivity index (χ3v) is 4.61. The van der Waals surface area contributed by atoms with Gasteiger partial charge in [-0.25, -0.2) is 0 Å². The number of hydrogen-bond acceptors (Lipinski definition) is 2. The standard InChI is InChI=1S/C15H27NO2/c17-14-9-7-12(8-10-14)11-16-15(18)13-5-3-1-2-4-6-13/h12-14,17H,1-11H2,(H,16,18). The van der Waals surface area contributed by atoms with Gasteiger partial charge in [-0.2, -0.15) is 0 Å². The summed E-state index contributed by atoms with van der Waals surface area (Å²) < 4.78 is 0. The summed E-state index contributed by atoms with van der Waals surface area (Å²) in [6.07, 6.45) is 11.0. The Bertz CT molecular complexity index is 251. The molecule has 0 aliphatic heterocycles. The lowest BCUT2D eigenvalue weighted by Gasteiger charge is -2.26. The molecular formula is C15H27NO2. The molecule has 1 amide bonds. The summed E-state index contributed by atoms with van der Waals surface area (Å²) in [5.74, 6) is 1.13. The molecule has 0 unspecified atom stereocenters. The molecule has 0 atom stereocenters. The highest BCUT2D eigenvalue weighted by Crippen LogP contribution is 2.25. The molecule has 0 heterocycles. The Balaban J connectivity index is 1.67. The smallest absolute Gasteiger partial charge is 0.223 e. The molecule has 0 radical (unpaired) electrons. The highest BCUT2D eigenvalue weighted by molar-refractivity contribution is 5.78. The van der Waals surface area contributed by atoms with Crippen molar-refractivity contribution >= 4 is 5.91 Å². The Morgan fingerprint density at radius 1 is 0.944 bits per heavy atom. The number of aliphatic hydroxyl groups excluding tert-OH is 1. The zero-order valence-electron chi connectivity index (χ0n) is 11.4. The summed E-state index contributed by atoms with van der Waals surface area (Å²) in [6, 6.07) is 0. The van der Waals surface area contributed by atoms with E-state index in [-0.39, 0.29) is 17.9 Å². The van der Waals surface area contributed by atoms with E-state index >= 15 is 0 Å². The van der Waals surface area contributed by atoms with Gasteiger partial charge in [0.15, 0.2) is 0 Å². The number of rotatable bonds is 3. The molecule has 3 heteroatoms. The Hall–Kier alpha value is -0.570. The number of carbonyl (C=O) groups excluding carboxylic acids is 1. The van der Waals surface area contributed by atoms with E-state index in [4.69, 9.17) is 0 Å². The van der Waals surface area contributed by atoms with Gasteiger partial charge in [-0.1, -0.05) is 25.7 Å².